The first-order valence-electron chi connectivity index (χ1n) is 8.02. The van der Waals surface area contributed by atoms with Crippen LogP contribution in [0.4, 0.5) is 4.79 Å². The number of carboxylic acid groups (broad SMARTS) is 1. The molecule has 0 heterocycles. The first-order chi connectivity index (χ1) is 10.6. The molecule has 23 heavy (non-hydrogen) atoms. The van der Waals surface area contributed by atoms with E-state index >= 15 is 0 Å². The number of amides is 1. The van der Waals surface area contributed by atoms with Crippen molar-refractivity contribution in [1.29, 1.82) is 0 Å². The molecule has 0 unspecified atom stereocenters. The number of rotatable bonds is 10. The highest BCUT2D eigenvalue weighted by Crippen LogP contribution is 2.17. The van der Waals surface area contributed by atoms with Crippen LogP contribution in [0.15, 0.2) is 0 Å². The number of hydrogen-bond acceptors (Lipinski definition) is 5. The van der Waals surface area contributed by atoms with Gasteiger partial charge in [-0.15, -0.1) is 0 Å². The van der Waals surface area contributed by atoms with Crippen molar-refractivity contribution >= 4 is 18.0 Å². The number of ether oxygens (including phenoxy) is 2. The third kappa shape index (κ3) is 10.5. The summed E-state index contributed by atoms with van der Waals surface area (Å²) in [6.07, 6.45) is -0.0716. The number of alkyl carbamates (subject to hydrolysis) is 1. The van der Waals surface area contributed by atoms with Crippen LogP contribution in [0.25, 0.3) is 0 Å². The summed E-state index contributed by atoms with van der Waals surface area (Å²) < 4.78 is 9.84. The van der Waals surface area contributed by atoms with Crippen molar-refractivity contribution in [2.75, 3.05) is 6.54 Å². The molecule has 7 heteroatoms. The Morgan fingerprint density at radius 1 is 1.09 bits per heavy atom. The van der Waals surface area contributed by atoms with E-state index in [2.05, 4.69) is 5.32 Å². The molecule has 1 amide bonds. The molecule has 2 N–H and O–H groups in total. The van der Waals surface area contributed by atoms with E-state index < -0.39 is 24.3 Å². The van der Waals surface area contributed by atoms with Gasteiger partial charge in [0.2, 0.25) is 6.29 Å². The van der Waals surface area contributed by atoms with E-state index in [4.69, 9.17) is 14.6 Å². The number of esters is 1. The number of carboxylic acids is 1. The molecule has 0 rings (SSSR count). The standard InChI is InChI=1S/C16H29NO6/c1-6-11(4)7-13(8-14(18)19)9-17-16(21)23-12(5)22-15(20)10(2)3/h10-13H,6-9H2,1-5H3,(H,17,21)(H,18,19)/t11-,12-,13+/m1/s1. The minimum absolute atomic E-state index is 0.0114. The van der Waals surface area contributed by atoms with Gasteiger partial charge in [-0.2, -0.15) is 0 Å². The van der Waals surface area contributed by atoms with Crippen molar-refractivity contribution in [2.45, 2.75) is 60.2 Å². The fourth-order valence-electron chi connectivity index (χ4n) is 1.97. The zero-order chi connectivity index (χ0) is 18.0. The number of carbonyl (C=O) groups is 3. The third-order valence-corrected chi connectivity index (χ3v) is 3.46. The van der Waals surface area contributed by atoms with Crippen molar-refractivity contribution in [3.63, 3.8) is 0 Å². The van der Waals surface area contributed by atoms with Crippen LogP contribution in [-0.2, 0) is 19.1 Å². The molecule has 0 aromatic rings. The summed E-state index contributed by atoms with van der Waals surface area (Å²) in [7, 11) is 0. The first kappa shape index (κ1) is 21.2. The lowest BCUT2D eigenvalue weighted by atomic mass is 9.91. The molecule has 134 valence electrons. The molecule has 7 nitrogen and oxygen atoms in total. The highest BCUT2D eigenvalue weighted by molar-refractivity contribution is 5.72. The van der Waals surface area contributed by atoms with Crippen molar-refractivity contribution in [2.24, 2.45) is 17.8 Å². The van der Waals surface area contributed by atoms with Crippen molar-refractivity contribution < 1.29 is 29.0 Å². The summed E-state index contributed by atoms with van der Waals surface area (Å²) in [4.78, 5) is 33.9. The second-order valence-corrected chi connectivity index (χ2v) is 6.16. The molecule has 0 aromatic carbocycles. The molecular weight excluding hydrogens is 302 g/mol. The SMILES string of the molecule is CC[C@@H](C)C[C@H](CNC(=O)O[C@H](C)OC(=O)C(C)C)CC(=O)O. The maximum Gasteiger partial charge on any atom is 0.410 e. The fraction of sp³-hybridized carbons (Fsp3) is 0.812. The molecule has 0 aliphatic heterocycles. The van der Waals surface area contributed by atoms with Gasteiger partial charge in [0.15, 0.2) is 0 Å². The Balaban J connectivity index is 4.29. The molecule has 0 spiro atoms. The summed E-state index contributed by atoms with van der Waals surface area (Å²) >= 11 is 0. The maximum atomic E-state index is 11.7. The Kier molecular flexibility index (Phi) is 10.0. The summed E-state index contributed by atoms with van der Waals surface area (Å²) in [5.74, 6) is -1.44. The van der Waals surface area contributed by atoms with Crippen molar-refractivity contribution in [1.82, 2.24) is 5.32 Å². The van der Waals surface area contributed by atoms with Crippen LogP contribution in [0.2, 0.25) is 0 Å². The highest BCUT2D eigenvalue weighted by Gasteiger charge is 2.19. The Morgan fingerprint density at radius 3 is 2.17 bits per heavy atom. The zero-order valence-corrected chi connectivity index (χ0v) is 14.6. The highest BCUT2D eigenvalue weighted by atomic mass is 16.7. The summed E-state index contributed by atoms with van der Waals surface area (Å²) in [6.45, 7) is 9.10. The monoisotopic (exact) mass is 331 g/mol. The van der Waals surface area contributed by atoms with Crippen molar-refractivity contribution in [3.8, 4) is 0 Å². The lowest BCUT2D eigenvalue weighted by Crippen LogP contribution is -2.35. The Labute approximate surface area is 137 Å². The lowest BCUT2D eigenvalue weighted by molar-refractivity contribution is -0.168. The largest absolute Gasteiger partial charge is 0.481 e. The Bertz CT molecular complexity index is 396. The molecule has 0 aliphatic carbocycles. The van der Waals surface area contributed by atoms with E-state index in [1.165, 1.54) is 6.92 Å². The van der Waals surface area contributed by atoms with E-state index in [0.29, 0.717) is 12.3 Å². The van der Waals surface area contributed by atoms with Gasteiger partial charge in [0.25, 0.3) is 0 Å². The minimum Gasteiger partial charge on any atom is -0.481 e. The van der Waals surface area contributed by atoms with Crippen LogP contribution in [0, 0.1) is 17.8 Å². The summed E-state index contributed by atoms with van der Waals surface area (Å²) in [5, 5.41) is 11.5. The Hall–Kier alpha value is -1.79. The smallest absolute Gasteiger partial charge is 0.410 e. The average molecular weight is 331 g/mol. The normalized spacial score (nSPS) is 14.7. The third-order valence-electron chi connectivity index (χ3n) is 3.46. The van der Waals surface area contributed by atoms with Crippen LogP contribution in [0.5, 0.6) is 0 Å². The van der Waals surface area contributed by atoms with Gasteiger partial charge in [-0.1, -0.05) is 34.1 Å². The van der Waals surface area contributed by atoms with Crippen LogP contribution in [0.1, 0.15) is 53.9 Å². The summed E-state index contributed by atoms with van der Waals surface area (Å²) in [5.41, 5.74) is 0. The second kappa shape index (κ2) is 10.9. The molecule has 0 radical (unpaired) electrons. The number of aliphatic carboxylic acids is 1. The van der Waals surface area contributed by atoms with Gasteiger partial charge in [0.1, 0.15) is 0 Å². The van der Waals surface area contributed by atoms with Crippen LogP contribution >= 0.6 is 0 Å². The number of hydrogen-bond donors (Lipinski definition) is 2. The van der Waals surface area contributed by atoms with E-state index in [1.807, 2.05) is 13.8 Å². The molecular formula is C16H29NO6. The van der Waals surface area contributed by atoms with Gasteiger partial charge in [0, 0.05) is 19.9 Å². The molecule has 0 saturated carbocycles. The zero-order valence-electron chi connectivity index (χ0n) is 14.6. The number of carbonyl (C=O) groups excluding carboxylic acids is 2. The van der Waals surface area contributed by atoms with Crippen LogP contribution in [0.3, 0.4) is 0 Å². The minimum atomic E-state index is -0.989. The summed E-state index contributed by atoms with van der Waals surface area (Å²) in [6, 6.07) is 0. The molecule has 0 saturated heterocycles. The predicted molar refractivity (Wildman–Crippen MR) is 84.7 cm³/mol. The average Bonchev–Trinajstić information content (AvgIpc) is 2.43. The van der Waals surface area contributed by atoms with E-state index in [9.17, 15) is 14.4 Å². The molecule has 0 bridgehead atoms. The molecule has 0 aromatic heterocycles. The maximum absolute atomic E-state index is 11.7. The van der Waals surface area contributed by atoms with Gasteiger partial charge < -0.3 is 19.9 Å². The Morgan fingerprint density at radius 2 is 1.70 bits per heavy atom. The van der Waals surface area contributed by atoms with Gasteiger partial charge in [-0.05, 0) is 18.3 Å². The van der Waals surface area contributed by atoms with Gasteiger partial charge in [-0.3, -0.25) is 9.59 Å². The molecule has 3 atom stereocenters. The van der Waals surface area contributed by atoms with Gasteiger partial charge in [0.05, 0.1) is 5.92 Å². The van der Waals surface area contributed by atoms with E-state index in [-0.39, 0.29) is 24.8 Å². The quantitative estimate of drug-likeness (QED) is 0.471. The number of nitrogens with one attached hydrogen (secondary N) is 1. The van der Waals surface area contributed by atoms with Crippen molar-refractivity contribution in [3.05, 3.63) is 0 Å². The topological polar surface area (TPSA) is 102 Å². The lowest BCUT2D eigenvalue weighted by Gasteiger charge is -2.20. The van der Waals surface area contributed by atoms with Gasteiger partial charge >= 0.3 is 18.0 Å². The van der Waals surface area contributed by atoms with Gasteiger partial charge in [-0.25, -0.2) is 4.79 Å². The van der Waals surface area contributed by atoms with Crippen LogP contribution < -0.4 is 5.32 Å². The van der Waals surface area contributed by atoms with E-state index in [1.54, 1.807) is 13.8 Å². The molecule has 0 fully saturated rings. The van der Waals surface area contributed by atoms with Crippen LogP contribution in [-0.4, -0.2) is 36.0 Å². The molecule has 0 aliphatic rings. The van der Waals surface area contributed by atoms with E-state index in [0.717, 1.165) is 6.42 Å². The first-order valence-corrected chi connectivity index (χ1v) is 8.02. The predicted octanol–water partition coefficient (Wildman–Crippen LogP) is 2.78. The second-order valence-electron chi connectivity index (χ2n) is 6.16. The fourth-order valence-corrected chi connectivity index (χ4v) is 1.97.